The maximum atomic E-state index is 11.7. The molecule has 4 nitrogen and oxygen atoms in total. The summed E-state index contributed by atoms with van der Waals surface area (Å²) < 4.78 is 0. The first kappa shape index (κ1) is 15.8. The maximum absolute atomic E-state index is 11.7. The van der Waals surface area contributed by atoms with E-state index in [0.29, 0.717) is 19.5 Å². The second-order valence-electron chi connectivity index (χ2n) is 5.02. The molecule has 0 heterocycles. The predicted molar refractivity (Wildman–Crippen MR) is 86.1 cm³/mol. The Bertz CT molecular complexity index is 597. The van der Waals surface area contributed by atoms with Gasteiger partial charge in [0, 0.05) is 19.5 Å². The molecule has 4 heteroatoms. The predicted octanol–water partition coefficient (Wildman–Crippen LogP) is 2.05. The molecule has 0 spiro atoms. The molecule has 114 valence electrons. The third kappa shape index (κ3) is 5.79. The average Bonchev–Trinajstić information content (AvgIpc) is 2.55. The van der Waals surface area contributed by atoms with E-state index < -0.39 is 0 Å². The zero-order valence-corrected chi connectivity index (χ0v) is 12.4. The van der Waals surface area contributed by atoms with Crippen LogP contribution in [0.1, 0.15) is 17.5 Å². The number of rotatable bonds is 7. The third-order valence-electron chi connectivity index (χ3n) is 3.21. The molecule has 0 aliphatic carbocycles. The van der Waals surface area contributed by atoms with Gasteiger partial charge in [0.2, 0.25) is 11.8 Å². The third-order valence-corrected chi connectivity index (χ3v) is 3.21. The molecule has 0 unspecified atom stereocenters. The van der Waals surface area contributed by atoms with Crippen LogP contribution in [0, 0.1) is 0 Å². The number of nitrogens with one attached hydrogen (secondary N) is 2. The fourth-order valence-corrected chi connectivity index (χ4v) is 2.04. The van der Waals surface area contributed by atoms with Gasteiger partial charge < -0.3 is 10.6 Å². The van der Waals surface area contributed by atoms with E-state index in [4.69, 9.17) is 0 Å². The normalized spacial score (nSPS) is 10.0. The number of hydrogen-bond acceptors (Lipinski definition) is 2. The first-order chi connectivity index (χ1) is 10.7. The smallest absolute Gasteiger partial charge is 0.224 e. The second-order valence-corrected chi connectivity index (χ2v) is 5.02. The van der Waals surface area contributed by atoms with Crippen LogP contribution in [0.2, 0.25) is 0 Å². The van der Waals surface area contributed by atoms with Crippen LogP contribution in [0.25, 0.3) is 0 Å². The van der Waals surface area contributed by atoms with E-state index in [1.807, 2.05) is 60.7 Å². The molecular formula is C18H20N2O2. The SMILES string of the molecule is O=C(CCNC(=O)Cc1ccccc1)NCc1ccccc1. The van der Waals surface area contributed by atoms with E-state index in [-0.39, 0.29) is 18.2 Å². The van der Waals surface area contributed by atoms with Crippen molar-refractivity contribution in [1.82, 2.24) is 10.6 Å². The van der Waals surface area contributed by atoms with Crippen molar-refractivity contribution in [2.75, 3.05) is 6.54 Å². The van der Waals surface area contributed by atoms with Gasteiger partial charge in [0.05, 0.1) is 6.42 Å². The standard InChI is InChI=1S/C18H20N2O2/c21-17(20-14-16-9-5-2-6-10-16)11-12-19-18(22)13-15-7-3-1-4-8-15/h1-10H,11-14H2,(H,19,22)(H,20,21). The Kier molecular flexibility index (Phi) is 6.18. The Labute approximate surface area is 130 Å². The minimum absolute atomic E-state index is 0.0659. The molecule has 2 amide bonds. The molecule has 0 saturated carbocycles. The van der Waals surface area contributed by atoms with E-state index in [1.165, 1.54) is 0 Å². The Hall–Kier alpha value is -2.62. The molecule has 2 rings (SSSR count). The van der Waals surface area contributed by atoms with Crippen molar-refractivity contribution < 1.29 is 9.59 Å². The molecule has 0 atom stereocenters. The van der Waals surface area contributed by atoms with E-state index in [2.05, 4.69) is 10.6 Å². The zero-order valence-electron chi connectivity index (χ0n) is 12.4. The van der Waals surface area contributed by atoms with Gasteiger partial charge in [0.1, 0.15) is 0 Å². The molecule has 0 fully saturated rings. The minimum Gasteiger partial charge on any atom is -0.355 e. The highest BCUT2D eigenvalue weighted by atomic mass is 16.2. The van der Waals surface area contributed by atoms with Gasteiger partial charge in [-0.15, -0.1) is 0 Å². The van der Waals surface area contributed by atoms with Gasteiger partial charge in [0.25, 0.3) is 0 Å². The highest BCUT2D eigenvalue weighted by Crippen LogP contribution is 1.99. The molecule has 0 aliphatic heterocycles. The summed E-state index contributed by atoms with van der Waals surface area (Å²) in [6.45, 7) is 0.865. The van der Waals surface area contributed by atoms with Gasteiger partial charge in [-0.2, -0.15) is 0 Å². The summed E-state index contributed by atoms with van der Waals surface area (Å²) in [6.07, 6.45) is 0.625. The van der Waals surface area contributed by atoms with Crippen molar-refractivity contribution in [3.8, 4) is 0 Å². The lowest BCUT2D eigenvalue weighted by Gasteiger charge is -2.07. The Morgan fingerprint density at radius 2 is 1.32 bits per heavy atom. The molecule has 0 radical (unpaired) electrons. The first-order valence-electron chi connectivity index (χ1n) is 7.35. The summed E-state index contributed by atoms with van der Waals surface area (Å²) >= 11 is 0. The van der Waals surface area contributed by atoms with Crippen LogP contribution >= 0.6 is 0 Å². The summed E-state index contributed by atoms with van der Waals surface area (Å²) in [5, 5.41) is 5.59. The van der Waals surface area contributed by atoms with E-state index in [0.717, 1.165) is 11.1 Å². The fourth-order valence-electron chi connectivity index (χ4n) is 2.04. The molecule has 0 aliphatic rings. The van der Waals surface area contributed by atoms with Crippen molar-refractivity contribution in [3.05, 3.63) is 71.8 Å². The summed E-state index contributed by atoms with van der Waals surface area (Å²) in [5.41, 5.74) is 2.03. The quantitative estimate of drug-likeness (QED) is 0.821. The monoisotopic (exact) mass is 296 g/mol. The number of hydrogen-bond donors (Lipinski definition) is 2. The van der Waals surface area contributed by atoms with Crippen molar-refractivity contribution in [3.63, 3.8) is 0 Å². The lowest BCUT2D eigenvalue weighted by molar-refractivity contribution is -0.122. The molecule has 22 heavy (non-hydrogen) atoms. The van der Waals surface area contributed by atoms with Crippen molar-refractivity contribution >= 4 is 11.8 Å². The Morgan fingerprint density at radius 3 is 1.95 bits per heavy atom. The van der Waals surface area contributed by atoms with Crippen LogP contribution in [-0.2, 0) is 22.6 Å². The highest BCUT2D eigenvalue weighted by molar-refractivity contribution is 5.80. The summed E-state index contributed by atoms with van der Waals surface area (Å²) in [5.74, 6) is -0.133. The summed E-state index contributed by atoms with van der Waals surface area (Å²) in [6, 6.07) is 19.3. The van der Waals surface area contributed by atoms with Crippen LogP contribution in [0.4, 0.5) is 0 Å². The topological polar surface area (TPSA) is 58.2 Å². The van der Waals surface area contributed by atoms with Crippen molar-refractivity contribution in [2.24, 2.45) is 0 Å². The molecular weight excluding hydrogens is 276 g/mol. The Balaban J connectivity index is 1.61. The van der Waals surface area contributed by atoms with Crippen molar-refractivity contribution in [2.45, 2.75) is 19.4 Å². The number of amides is 2. The lowest BCUT2D eigenvalue weighted by Crippen LogP contribution is -2.31. The van der Waals surface area contributed by atoms with Gasteiger partial charge in [0.15, 0.2) is 0 Å². The summed E-state index contributed by atoms with van der Waals surface area (Å²) in [4.78, 5) is 23.4. The van der Waals surface area contributed by atoms with Gasteiger partial charge in [-0.3, -0.25) is 9.59 Å². The zero-order chi connectivity index (χ0) is 15.6. The molecule has 0 saturated heterocycles. The lowest BCUT2D eigenvalue weighted by atomic mass is 10.1. The average molecular weight is 296 g/mol. The minimum atomic E-state index is -0.0675. The molecule has 0 bridgehead atoms. The van der Waals surface area contributed by atoms with Gasteiger partial charge in [-0.25, -0.2) is 0 Å². The molecule has 2 aromatic rings. The van der Waals surface area contributed by atoms with Crippen LogP contribution in [0.5, 0.6) is 0 Å². The fraction of sp³-hybridized carbons (Fsp3) is 0.222. The molecule has 0 aromatic heterocycles. The summed E-state index contributed by atoms with van der Waals surface area (Å²) in [7, 11) is 0. The molecule has 2 N–H and O–H groups in total. The largest absolute Gasteiger partial charge is 0.355 e. The van der Waals surface area contributed by atoms with Crippen LogP contribution < -0.4 is 10.6 Å². The highest BCUT2D eigenvalue weighted by Gasteiger charge is 2.05. The van der Waals surface area contributed by atoms with E-state index in [9.17, 15) is 9.59 Å². The van der Waals surface area contributed by atoms with Gasteiger partial charge >= 0.3 is 0 Å². The van der Waals surface area contributed by atoms with E-state index in [1.54, 1.807) is 0 Å². The number of benzene rings is 2. The van der Waals surface area contributed by atoms with E-state index >= 15 is 0 Å². The van der Waals surface area contributed by atoms with Gasteiger partial charge in [-0.1, -0.05) is 60.7 Å². The maximum Gasteiger partial charge on any atom is 0.224 e. The second kappa shape index (κ2) is 8.62. The molecule has 2 aromatic carbocycles. The van der Waals surface area contributed by atoms with Crippen molar-refractivity contribution in [1.29, 1.82) is 0 Å². The van der Waals surface area contributed by atoms with Crippen LogP contribution in [0.3, 0.4) is 0 Å². The first-order valence-corrected chi connectivity index (χ1v) is 7.35. The van der Waals surface area contributed by atoms with Gasteiger partial charge in [-0.05, 0) is 11.1 Å². The number of carbonyl (C=O) groups is 2. The van der Waals surface area contributed by atoms with Crippen LogP contribution in [0.15, 0.2) is 60.7 Å². The van der Waals surface area contributed by atoms with Crippen LogP contribution in [-0.4, -0.2) is 18.4 Å². The Morgan fingerprint density at radius 1 is 0.727 bits per heavy atom. The number of carbonyl (C=O) groups excluding carboxylic acids is 2.